The second-order valence-corrected chi connectivity index (χ2v) is 6.81. The fourth-order valence-electron chi connectivity index (χ4n) is 2.74. The number of carbonyl (C=O) groups is 2. The molecule has 0 spiro atoms. The first-order valence-electron chi connectivity index (χ1n) is 10.4. The second-order valence-electron chi connectivity index (χ2n) is 6.81. The highest BCUT2D eigenvalue weighted by molar-refractivity contribution is 6.00. The van der Waals surface area contributed by atoms with E-state index in [1.165, 1.54) is 36.5 Å². The number of carbonyl (C=O) groups excluding carboxylic acids is 2. The molecule has 2 aromatic carbocycles. The minimum absolute atomic E-state index is 0.0429. The minimum Gasteiger partial charge on any atom is -0.487 e. The third kappa shape index (κ3) is 7.60. The molecule has 0 bridgehead atoms. The number of halogens is 1. The average Bonchev–Trinajstić information content (AvgIpc) is 2.84. The monoisotopic (exact) mass is 478 g/mol. The maximum absolute atomic E-state index is 14.6. The van der Waals surface area contributed by atoms with Crippen molar-refractivity contribution in [3.63, 3.8) is 0 Å². The van der Waals surface area contributed by atoms with E-state index in [0.717, 1.165) is 6.07 Å². The molecule has 0 aliphatic rings. The van der Waals surface area contributed by atoms with Crippen LogP contribution in [0.15, 0.2) is 86.1 Å². The lowest BCUT2D eigenvalue weighted by Crippen LogP contribution is -2.20. The van der Waals surface area contributed by atoms with Crippen molar-refractivity contribution in [1.29, 1.82) is 0 Å². The molecule has 0 atom stereocenters. The van der Waals surface area contributed by atoms with Crippen LogP contribution < -0.4 is 25.4 Å². The van der Waals surface area contributed by atoms with E-state index in [1.807, 2.05) is 0 Å². The van der Waals surface area contributed by atoms with E-state index in [2.05, 4.69) is 34.1 Å². The summed E-state index contributed by atoms with van der Waals surface area (Å²) in [5.74, 6) is 0.0502. The summed E-state index contributed by atoms with van der Waals surface area (Å²) < 4.78 is 30.5. The van der Waals surface area contributed by atoms with Gasteiger partial charge < -0.3 is 24.8 Å². The fraction of sp³-hybridized carbons (Fsp3) is 0.0800. The van der Waals surface area contributed by atoms with Crippen molar-refractivity contribution in [3.8, 4) is 17.2 Å². The Kier molecular flexibility index (Phi) is 8.78. The summed E-state index contributed by atoms with van der Waals surface area (Å²) in [6.07, 6.45) is 3.68. The van der Waals surface area contributed by atoms with Gasteiger partial charge >= 0.3 is 12.1 Å². The summed E-state index contributed by atoms with van der Waals surface area (Å²) in [5, 5.41) is 7.63. The largest absolute Gasteiger partial charge is 0.487 e. The zero-order valence-corrected chi connectivity index (χ0v) is 18.6. The Hall–Kier alpha value is -4.86. The molecule has 3 aromatic rings. The molecule has 3 rings (SSSR count). The molecule has 0 aliphatic heterocycles. The minimum atomic E-state index is -0.718. The Morgan fingerprint density at radius 2 is 1.74 bits per heavy atom. The first-order valence-corrected chi connectivity index (χ1v) is 10.4. The van der Waals surface area contributed by atoms with Crippen molar-refractivity contribution in [2.24, 2.45) is 0 Å². The number of rotatable bonds is 10. The van der Waals surface area contributed by atoms with Crippen molar-refractivity contribution < 1.29 is 28.2 Å². The van der Waals surface area contributed by atoms with E-state index in [9.17, 15) is 14.0 Å². The number of hydrogen-bond acceptors (Lipinski definition) is 6. The summed E-state index contributed by atoms with van der Waals surface area (Å²) in [5.41, 5.74) is 0.654. The van der Waals surface area contributed by atoms with Crippen molar-refractivity contribution >= 4 is 29.3 Å². The van der Waals surface area contributed by atoms with Crippen LogP contribution in [0.25, 0.3) is 0 Å². The van der Waals surface area contributed by atoms with Gasteiger partial charge in [-0.3, -0.25) is 5.32 Å². The lowest BCUT2D eigenvalue weighted by Gasteiger charge is -2.13. The number of aromatic nitrogens is 1. The Bertz CT molecular complexity index is 1220. The third-order valence-corrected chi connectivity index (χ3v) is 4.20. The van der Waals surface area contributed by atoms with Crippen molar-refractivity contribution in [1.82, 2.24) is 4.98 Å². The number of amides is 3. The van der Waals surface area contributed by atoms with Crippen LogP contribution in [0, 0.1) is 5.82 Å². The van der Waals surface area contributed by atoms with Crippen LogP contribution in [0.2, 0.25) is 0 Å². The van der Waals surface area contributed by atoms with Gasteiger partial charge in [0, 0.05) is 24.0 Å². The molecule has 0 aliphatic carbocycles. The Labute approximate surface area is 201 Å². The molecule has 0 unspecified atom stereocenters. The van der Waals surface area contributed by atoms with Crippen molar-refractivity contribution in [3.05, 3.63) is 91.9 Å². The van der Waals surface area contributed by atoms with Gasteiger partial charge in [0.2, 0.25) is 0 Å². The highest BCUT2D eigenvalue weighted by atomic mass is 19.1. The number of nitrogens with zero attached hydrogens (tertiary/aromatic N) is 1. The summed E-state index contributed by atoms with van der Waals surface area (Å²) in [6.45, 7) is 7.36. The van der Waals surface area contributed by atoms with Gasteiger partial charge in [0.1, 0.15) is 30.5 Å². The van der Waals surface area contributed by atoms with Crippen molar-refractivity contribution in [2.45, 2.75) is 0 Å². The Morgan fingerprint density at radius 3 is 2.51 bits per heavy atom. The standard InChI is InChI=1S/C25H23FN4O5/c1-3-13-33-22-8-6-5-7-20(22)29-24(31)28-17-9-10-21(19(26)15-17)35-18-11-12-27-23(16-18)30-25(32)34-14-4-2/h3-12,15-16H,1-2,13-14H2,(H,27,30,32)(H2,28,29,31). The molecular weight excluding hydrogens is 455 g/mol. The number of benzene rings is 2. The number of pyridine rings is 1. The zero-order chi connectivity index (χ0) is 25.0. The summed E-state index contributed by atoms with van der Waals surface area (Å²) in [7, 11) is 0. The van der Waals surface area contributed by atoms with Crippen LogP contribution in [0.1, 0.15) is 0 Å². The number of anilines is 3. The number of ether oxygens (including phenoxy) is 3. The summed E-state index contributed by atoms with van der Waals surface area (Å²) >= 11 is 0. The van der Waals surface area contributed by atoms with Gasteiger partial charge in [-0.05, 0) is 30.3 Å². The van der Waals surface area contributed by atoms with Gasteiger partial charge in [-0.1, -0.05) is 37.4 Å². The molecule has 35 heavy (non-hydrogen) atoms. The normalized spacial score (nSPS) is 9.97. The first-order chi connectivity index (χ1) is 17.0. The van der Waals surface area contributed by atoms with Crippen LogP contribution in [-0.4, -0.2) is 30.3 Å². The fourth-order valence-corrected chi connectivity index (χ4v) is 2.74. The predicted molar refractivity (Wildman–Crippen MR) is 131 cm³/mol. The molecular formula is C25H23FN4O5. The predicted octanol–water partition coefficient (Wildman–Crippen LogP) is 5.96. The molecule has 0 saturated carbocycles. The Morgan fingerprint density at radius 1 is 0.943 bits per heavy atom. The number of hydrogen-bond donors (Lipinski definition) is 3. The van der Waals surface area contributed by atoms with Crippen LogP contribution in [0.5, 0.6) is 17.2 Å². The van der Waals surface area contributed by atoms with Crippen molar-refractivity contribution in [2.75, 3.05) is 29.2 Å². The average molecular weight is 478 g/mol. The number of urea groups is 1. The SMILES string of the molecule is C=CCOC(=O)Nc1cc(Oc2ccc(NC(=O)Nc3ccccc3OCC=C)cc2F)ccn1. The molecule has 9 nitrogen and oxygen atoms in total. The van der Waals surface area contributed by atoms with E-state index < -0.39 is 17.9 Å². The molecule has 180 valence electrons. The zero-order valence-electron chi connectivity index (χ0n) is 18.6. The first kappa shape index (κ1) is 24.8. The molecule has 0 saturated heterocycles. The topological polar surface area (TPSA) is 111 Å². The summed E-state index contributed by atoms with van der Waals surface area (Å²) in [4.78, 5) is 28.0. The van der Waals surface area contributed by atoms with Gasteiger partial charge in [-0.15, -0.1) is 0 Å². The van der Waals surface area contributed by atoms with Crippen LogP contribution in [0.4, 0.5) is 31.2 Å². The van der Waals surface area contributed by atoms with E-state index in [-0.39, 0.29) is 36.2 Å². The molecule has 10 heteroatoms. The molecule has 1 aromatic heterocycles. The lowest BCUT2D eigenvalue weighted by atomic mass is 10.2. The molecule has 0 radical (unpaired) electrons. The third-order valence-electron chi connectivity index (χ3n) is 4.20. The maximum Gasteiger partial charge on any atom is 0.413 e. The number of para-hydroxylation sites is 2. The Balaban J connectivity index is 1.62. The summed E-state index contributed by atoms with van der Waals surface area (Å²) in [6, 6.07) is 13.2. The molecule has 0 fully saturated rings. The molecule has 3 N–H and O–H groups in total. The van der Waals surface area contributed by atoms with Crippen LogP contribution in [0.3, 0.4) is 0 Å². The highest BCUT2D eigenvalue weighted by Gasteiger charge is 2.12. The highest BCUT2D eigenvalue weighted by Crippen LogP contribution is 2.28. The molecule has 1 heterocycles. The van der Waals surface area contributed by atoms with Gasteiger partial charge in [0.05, 0.1) is 5.69 Å². The van der Waals surface area contributed by atoms with Gasteiger partial charge in [-0.25, -0.2) is 19.0 Å². The van der Waals surface area contributed by atoms with Crippen LogP contribution >= 0.6 is 0 Å². The van der Waals surface area contributed by atoms with E-state index in [1.54, 1.807) is 30.3 Å². The quantitative estimate of drug-likeness (QED) is 0.310. The van der Waals surface area contributed by atoms with E-state index in [4.69, 9.17) is 14.2 Å². The lowest BCUT2D eigenvalue weighted by molar-refractivity contribution is 0.174. The molecule has 3 amide bonds. The van der Waals surface area contributed by atoms with Gasteiger partial charge in [0.15, 0.2) is 11.6 Å². The van der Waals surface area contributed by atoms with Gasteiger partial charge in [0.25, 0.3) is 0 Å². The van der Waals surface area contributed by atoms with E-state index >= 15 is 0 Å². The number of nitrogens with one attached hydrogen (secondary N) is 3. The smallest absolute Gasteiger partial charge is 0.413 e. The van der Waals surface area contributed by atoms with Crippen LogP contribution in [-0.2, 0) is 4.74 Å². The van der Waals surface area contributed by atoms with Gasteiger partial charge in [-0.2, -0.15) is 0 Å². The second kappa shape index (κ2) is 12.4. The maximum atomic E-state index is 14.6. The van der Waals surface area contributed by atoms with E-state index in [0.29, 0.717) is 11.4 Å².